The largest absolute Gasteiger partial charge is 0.508 e. The summed E-state index contributed by atoms with van der Waals surface area (Å²) in [5.74, 6) is 0.143. The van der Waals surface area contributed by atoms with E-state index in [1.54, 1.807) is 26.0 Å². The van der Waals surface area contributed by atoms with Gasteiger partial charge in [-0.15, -0.1) is 0 Å². The highest BCUT2D eigenvalue weighted by Crippen LogP contribution is 2.16. The molecule has 0 heterocycles. The Hall–Kier alpha value is -2.04. The van der Waals surface area contributed by atoms with Crippen LogP contribution < -0.4 is 5.32 Å². The molecule has 0 saturated heterocycles. The van der Waals surface area contributed by atoms with Crippen molar-refractivity contribution in [3.63, 3.8) is 0 Å². The second-order valence-corrected chi connectivity index (χ2v) is 4.52. The normalized spacial score (nSPS) is 10.9. The number of phenols is 1. The maximum atomic E-state index is 10.6. The Balaban J connectivity index is 2.72. The van der Waals surface area contributed by atoms with E-state index in [1.165, 1.54) is 12.1 Å². The molecule has 17 heavy (non-hydrogen) atoms. The van der Waals surface area contributed by atoms with Crippen LogP contribution in [0.3, 0.4) is 0 Å². The minimum absolute atomic E-state index is 0.143. The number of carbonyl (C=O) groups is 1. The van der Waals surface area contributed by atoms with Gasteiger partial charge in [-0.2, -0.15) is 0 Å². The lowest BCUT2D eigenvalue weighted by Gasteiger charge is -2.24. The summed E-state index contributed by atoms with van der Waals surface area (Å²) in [5, 5.41) is 28.0. The minimum Gasteiger partial charge on any atom is -0.508 e. The molecular formula is C12H16N2O3. The van der Waals surface area contributed by atoms with Gasteiger partial charge in [0.25, 0.3) is 0 Å². The zero-order chi connectivity index (χ0) is 13.1. The van der Waals surface area contributed by atoms with Crippen LogP contribution in [0.4, 0.5) is 4.79 Å². The molecule has 0 aromatic heterocycles. The first-order chi connectivity index (χ1) is 7.80. The lowest BCUT2D eigenvalue weighted by Crippen LogP contribution is -2.44. The summed E-state index contributed by atoms with van der Waals surface area (Å²) < 4.78 is 0. The van der Waals surface area contributed by atoms with Crippen LogP contribution >= 0.6 is 0 Å². The van der Waals surface area contributed by atoms with Gasteiger partial charge in [-0.05, 0) is 43.7 Å². The maximum absolute atomic E-state index is 10.6. The molecule has 0 saturated carbocycles. The number of phenolic OH excluding ortho intramolecular Hbond substituents is 1. The molecule has 92 valence electrons. The monoisotopic (exact) mass is 236 g/mol. The van der Waals surface area contributed by atoms with Crippen LogP contribution in [0.5, 0.6) is 5.75 Å². The Labute approximate surface area is 99.6 Å². The third kappa shape index (κ3) is 4.14. The van der Waals surface area contributed by atoms with Gasteiger partial charge in [0.1, 0.15) is 5.75 Å². The first-order valence-corrected chi connectivity index (χ1v) is 5.18. The molecule has 1 aromatic rings. The van der Waals surface area contributed by atoms with Crippen LogP contribution in [0, 0.1) is 5.41 Å². The van der Waals surface area contributed by atoms with E-state index in [0.29, 0.717) is 11.3 Å². The van der Waals surface area contributed by atoms with Crippen molar-refractivity contribution in [2.24, 2.45) is 0 Å². The van der Waals surface area contributed by atoms with Crippen molar-refractivity contribution in [3.8, 4) is 5.75 Å². The summed E-state index contributed by atoms with van der Waals surface area (Å²) >= 11 is 0. The average molecular weight is 236 g/mol. The second kappa shape index (κ2) is 4.86. The minimum atomic E-state index is -1.10. The smallest absolute Gasteiger partial charge is 0.405 e. The Kier molecular flexibility index (Phi) is 3.73. The number of benzene rings is 1. The molecule has 0 spiro atoms. The lowest BCUT2D eigenvalue weighted by molar-refractivity contribution is 0.183. The number of hydrogen-bond acceptors (Lipinski definition) is 3. The van der Waals surface area contributed by atoms with Crippen molar-refractivity contribution in [2.75, 3.05) is 0 Å². The van der Waals surface area contributed by atoms with E-state index in [2.05, 4.69) is 5.32 Å². The van der Waals surface area contributed by atoms with Crippen LogP contribution in [0.2, 0.25) is 0 Å². The Bertz CT molecular complexity index is 424. The highest BCUT2D eigenvalue weighted by Gasteiger charge is 2.22. The quantitative estimate of drug-likeness (QED) is 0.604. The summed E-state index contributed by atoms with van der Waals surface area (Å²) in [6, 6.07) is 6.27. The van der Waals surface area contributed by atoms with Gasteiger partial charge in [-0.3, -0.25) is 0 Å². The number of amides is 1. The van der Waals surface area contributed by atoms with Crippen molar-refractivity contribution in [2.45, 2.75) is 25.8 Å². The van der Waals surface area contributed by atoms with E-state index in [0.717, 1.165) is 0 Å². The van der Waals surface area contributed by atoms with Gasteiger partial charge < -0.3 is 20.9 Å². The fourth-order valence-corrected chi connectivity index (χ4v) is 1.54. The first kappa shape index (κ1) is 13.0. The molecule has 1 amide bonds. The standard InChI is InChI=1S/C12H16N2O3/c1-12(2,14-11(16)17)7-10(13)8-3-5-9(15)6-4-8/h3-6,13-15H,7H2,1-2H3,(H,16,17). The Morgan fingerprint density at radius 1 is 1.35 bits per heavy atom. The fourth-order valence-electron chi connectivity index (χ4n) is 1.54. The molecule has 0 aliphatic rings. The van der Waals surface area contributed by atoms with Gasteiger partial charge in [0.15, 0.2) is 0 Å². The summed E-state index contributed by atoms with van der Waals surface area (Å²) in [6.45, 7) is 3.44. The van der Waals surface area contributed by atoms with Crippen molar-refractivity contribution in [1.29, 1.82) is 5.41 Å². The van der Waals surface area contributed by atoms with Gasteiger partial charge >= 0.3 is 6.09 Å². The number of hydrogen-bond donors (Lipinski definition) is 4. The van der Waals surface area contributed by atoms with Crippen molar-refractivity contribution in [1.82, 2.24) is 5.32 Å². The second-order valence-electron chi connectivity index (χ2n) is 4.52. The van der Waals surface area contributed by atoms with Gasteiger partial charge in [-0.25, -0.2) is 4.79 Å². The molecule has 1 rings (SSSR count). The molecule has 0 radical (unpaired) electrons. The highest BCUT2D eigenvalue weighted by atomic mass is 16.4. The first-order valence-electron chi connectivity index (χ1n) is 5.18. The van der Waals surface area contributed by atoms with E-state index in [4.69, 9.17) is 15.6 Å². The molecule has 0 aliphatic carbocycles. The van der Waals surface area contributed by atoms with E-state index < -0.39 is 11.6 Å². The third-order valence-electron chi connectivity index (χ3n) is 2.28. The molecule has 0 fully saturated rings. The molecule has 5 heteroatoms. The lowest BCUT2D eigenvalue weighted by atomic mass is 9.94. The van der Waals surface area contributed by atoms with E-state index in [1.807, 2.05) is 0 Å². The predicted molar refractivity (Wildman–Crippen MR) is 64.8 cm³/mol. The molecule has 0 unspecified atom stereocenters. The number of nitrogens with one attached hydrogen (secondary N) is 2. The van der Waals surface area contributed by atoms with Gasteiger partial charge in [0, 0.05) is 17.7 Å². The van der Waals surface area contributed by atoms with Crippen LogP contribution in [-0.4, -0.2) is 27.6 Å². The Morgan fingerprint density at radius 3 is 2.35 bits per heavy atom. The van der Waals surface area contributed by atoms with Gasteiger partial charge in [-0.1, -0.05) is 0 Å². The molecular weight excluding hydrogens is 220 g/mol. The summed E-state index contributed by atoms with van der Waals surface area (Å²) in [7, 11) is 0. The van der Waals surface area contributed by atoms with Crippen LogP contribution in [-0.2, 0) is 0 Å². The molecule has 0 bridgehead atoms. The maximum Gasteiger partial charge on any atom is 0.405 e. The number of carboxylic acid groups (broad SMARTS) is 1. The van der Waals surface area contributed by atoms with Crippen molar-refractivity contribution >= 4 is 11.8 Å². The van der Waals surface area contributed by atoms with Crippen LogP contribution in [0.25, 0.3) is 0 Å². The van der Waals surface area contributed by atoms with Crippen LogP contribution in [0.1, 0.15) is 25.8 Å². The van der Waals surface area contributed by atoms with Crippen molar-refractivity contribution < 1.29 is 15.0 Å². The molecule has 5 nitrogen and oxygen atoms in total. The molecule has 0 atom stereocenters. The number of rotatable bonds is 4. The van der Waals surface area contributed by atoms with Crippen LogP contribution in [0.15, 0.2) is 24.3 Å². The van der Waals surface area contributed by atoms with E-state index >= 15 is 0 Å². The Morgan fingerprint density at radius 2 is 1.88 bits per heavy atom. The average Bonchev–Trinajstić information content (AvgIpc) is 2.15. The summed E-state index contributed by atoms with van der Waals surface area (Å²) in [6.07, 6.45) is -0.821. The van der Waals surface area contributed by atoms with Gasteiger partial charge in [0.05, 0.1) is 0 Å². The molecule has 4 N–H and O–H groups in total. The SMILES string of the molecule is CC(C)(CC(=N)c1ccc(O)cc1)NC(=O)O. The summed E-state index contributed by atoms with van der Waals surface area (Å²) in [5.41, 5.74) is 0.299. The summed E-state index contributed by atoms with van der Waals surface area (Å²) in [4.78, 5) is 10.6. The van der Waals surface area contributed by atoms with E-state index in [9.17, 15) is 4.79 Å². The van der Waals surface area contributed by atoms with Crippen molar-refractivity contribution in [3.05, 3.63) is 29.8 Å². The molecule has 1 aromatic carbocycles. The number of aromatic hydroxyl groups is 1. The predicted octanol–water partition coefficient (Wildman–Crippen LogP) is 2.20. The van der Waals surface area contributed by atoms with Gasteiger partial charge in [0.2, 0.25) is 0 Å². The third-order valence-corrected chi connectivity index (χ3v) is 2.28. The zero-order valence-electron chi connectivity index (χ0n) is 9.82. The highest BCUT2D eigenvalue weighted by molar-refractivity contribution is 5.99. The topological polar surface area (TPSA) is 93.4 Å². The zero-order valence-corrected chi connectivity index (χ0v) is 9.82. The fraction of sp³-hybridized carbons (Fsp3) is 0.333. The molecule has 0 aliphatic heterocycles. The van der Waals surface area contributed by atoms with E-state index in [-0.39, 0.29) is 12.2 Å².